The maximum absolute atomic E-state index is 12.8. The van der Waals surface area contributed by atoms with Gasteiger partial charge in [-0.2, -0.15) is 0 Å². The number of epoxide rings is 1. The Balaban J connectivity index is 1.67. The van der Waals surface area contributed by atoms with Crippen LogP contribution in [0, 0.1) is 0 Å². The predicted molar refractivity (Wildman–Crippen MR) is 85.6 cm³/mol. The molecule has 1 heterocycles. The van der Waals surface area contributed by atoms with E-state index in [0.29, 0.717) is 11.1 Å². The van der Waals surface area contributed by atoms with E-state index in [1.54, 1.807) is 24.3 Å². The molecule has 0 radical (unpaired) electrons. The lowest BCUT2D eigenvalue weighted by Gasteiger charge is -2.05. The zero-order valence-corrected chi connectivity index (χ0v) is 12.2. The van der Waals surface area contributed by atoms with Crippen molar-refractivity contribution in [3.8, 4) is 0 Å². The monoisotopic (exact) mass is 300 g/mol. The van der Waals surface area contributed by atoms with Gasteiger partial charge in [-0.05, 0) is 16.3 Å². The SMILES string of the molecule is O=C1c2ccccc2C(=O)C12O[C@H]2c1cccc2ccccc12. The third kappa shape index (κ3) is 1.47. The number of hydrogen-bond donors (Lipinski definition) is 0. The van der Waals surface area contributed by atoms with Crippen LogP contribution < -0.4 is 0 Å². The molecular weight excluding hydrogens is 288 g/mol. The van der Waals surface area contributed by atoms with Crippen LogP contribution in [0.25, 0.3) is 10.8 Å². The largest absolute Gasteiger partial charge is 0.344 e. The van der Waals surface area contributed by atoms with Gasteiger partial charge in [0.15, 0.2) is 0 Å². The van der Waals surface area contributed by atoms with Gasteiger partial charge in [-0.15, -0.1) is 0 Å². The Morgan fingerprint density at radius 1 is 0.739 bits per heavy atom. The molecule has 3 aromatic rings. The molecule has 1 atom stereocenters. The molecule has 3 nitrogen and oxygen atoms in total. The van der Waals surface area contributed by atoms with Crippen LogP contribution in [-0.2, 0) is 4.74 Å². The molecule has 0 unspecified atom stereocenters. The molecule has 1 fully saturated rings. The van der Waals surface area contributed by atoms with Crippen molar-refractivity contribution in [1.82, 2.24) is 0 Å². The molecule has 0 N–H and O–H groups in total. The Labute approximate surface area is 132 Å². The van der Waals surface area contributed by atoms with Crippen molar-refractivity contribution in [3.63, 3.8) is 0 Å². The third-order valence-corrected chi connectivity index (χ3v) is 4.81. The normalized spacial score (nSPS) is 21.0. The van der Waals surface area contributed by atoms with Gasteiger partial charge in [0.25, 0.3) is 0 Å². The molecular formula is C20H12O3. The highest BCUT2D eigenvalue weighted by molar-refractivity contribution is 6.34. The maximum Gasteiger partial charge on any atom is 0.224 e. The molecule has 0 amide bonds. The molecule has 0 saturated carbocycles. The number of rotatable bonds is 1. The summed E-state index contributed by atoms with van der Waals surface area (Å²) in [5.41, 5.74) is 0.506. The van der Waals surface area contributed by atoms with Gasteiger partial charge in [-0.3, -0.25) is 9.59 Å². The molecule has 1 saturated heterocycles. The van der Waals surface area contributed by atoms with Crippen LogP contribution in [0.2, 0.25) is 0 Å². The minimum Gasteiger partial charge on any atom is -0.344 e. The summed E-state index contributed by atoms with van der Waals surface area (Å²) in [7, 11) is 0. The molecule has 0 bridgehead atoms. The van der Waals surface area contributed by atoms with Crippen LogP contribution in [-0.4, -0.2) is 17.2 Å². The third-order valence-electron chi connectivity index (χ3n) is 4.81. The highest BCUT2D eigenvalue weighted by Crippen LogP contribution is 2.57. The van der Waals surface area contributed by atoms with E-state index in [9.17, 15) is 9.59 Å². The Bertz CT molecular complexity index is 962. The zero-order chi connectivity index (χ0) is 15.6. The number of ether oxygens (including phenoxy) is 1. The van der Waals surface area contributed by atoms with Crippen molar-refractivity contribution in [3.05, 3.63) is 83.4 Å². The Kier molecular flexibility index (Phi) is 2.30. The quantitative estimate of drug-likeness (QED) is 0.508. The fourth-order valence-corrected chi connectivity index (χ4v) is 3.64. The van der Waals surface area contributed by atoms with Crippen molar-refractivity contribution in [2.45, 2.75) is 11.7 Å². The fraction of sp³-hybridized carbons (Fsp3) is 0.100. The number of carbonyl (C=O) groups excluding carboxylic acids is 2. The number of ketones is 2. The van der Waals surface area contributed by atoms with Crippen molar-refractivity contribution in [1.29, 1.82) is 0 Å². The van der Waals surface area contributed by atoms with Gasteiger partial charge < -0.3 is 4.74 Å². The highest BCUT2D eigenvalue weighted by atomic mass is 16.6. The number of benzene rings is 3. The minimum atomic E-state index is -1.34. The van der Waals surface area contributed by atoms with E-state index < -0.39 is 11.7 Å². The summed E-state index contributed by atoms with van der Waals surface area (Å²) in [6.07, 6.45) is -0.499. The fourth-order valence-electron chi connectivity index (χ4n) is 3.64. The van der Waals surface area contributed by atoms with Gasteiger partial charge in [-0.1, -0.05) is 66.7 Å². The van der Waals surface area contributed by atoms with Crippen molar-refractivity contribution >= 4 is 22.3 Å². The zero-order valence-electron chi connectivity index (χ0n) is 12.2. The number of carbonyl (C=O) groups is 2. The molecule has 0 aromatic heterocycles. The van der Waals surface area contributed by atoms with Crippen LogP contribution in [0.15, 0.2) is 66.7 Å². The second-order valence-electron chi connectivity index (χ2n) is 6.01. The van der Waals surface area contributed by atoms with Crippen molar-refractivity contribution in [2.24, 2.45) is 0 Å². The van der Waals surface area contributed by atoms with Crippen molar-refractivity contribution in [2.75, 3.05) is 0 Å². The molecule has 1 aliphatic carbocycles. The average molecular weight is 300 g/mol. The number of hydrogen-bond acceptors (Lipinski definition) is 3. The first-order chi connectivity index (χ1) is 11.2. The summed E-state index contributed by atoms with van der Waals surface area (Å²) in [6, 6.07) is 20.8. The molecule has 23 heavy (non-hydrogen) atoms. The number of Topliss-reactive ketones (excluding diaryl/α,β-unsaturated/α-hetero) is 2. The number of fused-ring (bicyclic) bond motifs is 2. The lowest BCUT2D eigenvalue weighted by molar-refractivity contribution is 0.0785. The van der Waals surface area contributed by atoms with Crippen LogP contribution >= 0.6 is 0 Å². The first kappa shape index (κ1) is 12.7. The minimum absolute atomic E-state index is 0.212. The Morgan fingerprint density at radius 2 is 1.35 bits per heavy atom. The standard InChI is InChI=1S/C20H12O3/c21-17-14-9-3-4-10-15(14)18(22)20(17)19(23-20)16-11-5-7-12-6-1-2-8-13(12)16/h1-11,19H/t19-/m0/s1. The van der Waals surface area contributed by atoms with E-state index in [4.69, 9.17) is 4.74 Å². The topological polar surface area (TPSA) is 46.7 Å². The van der Waals surface area contributed by atoms with E-state index in [1.165, 1.54) is 0 Å². The first-order valence-electron chi connectivity index (χ1n) is 7.57. The lowest BCUT2D eigenvalue weighted by Crippen LogP contribution is -2.27. The van der Waals surface area contributed by atoms with Gasteiger partial charge in [0.1, 0.15) is 6.10 Å². The predicted octanol–water partition coefficient (Wildman–Crippen LogP) is 3.73. The Hall–Kier alpha value is -2.78. The van der Waals surface area contributed by atoms with Gasteiger partial charge in [-0.25, -0.2) is 0 Å². The maximum atomic E-state index is 12.8. The summed E-state index contributed by atoms with van der Waals surface area (Å²) in [4.78, 5) is 25.5. The van der Waals surface area contributed by atoms with Gasteiger partial charge in [0.05, 0.1) is 0 Å². The van der Waals surface area contributed by atoms with Gasteiger partial charge in [0.2, 0.25) is 17.2 Å². The van der Waals surface area contributed by atoms with Crippen LogP contribution in [0.5, 0.6) is 0 Å². The summed E-state index contributed by atoms with van der Waals surface area (Å²) in [5, 5.41) is 2.10. The second kappa shape index (κ2) is 4.15. The molecule has 1 spiro atoms. The van der Waals surface area contributed by atoms with Crippen LogP contribution in [0.1, 0.15) is 32.4 Å². The van der Waals surface area contributed by atoms with E-state index in [1.807, 2.05) is 42.5 Å². The first-order valence-corrected chi connectivity index (χ1v) is 7.57. The van der Waals surface area contributed by atoms with Gasteiger partial charge >= 0.3 is 0 Å². The average Bonchev–Trinajstić information content (AvgIpc) is 3.32. The van der Waals surface area contributed by atoms with E-state index >= 15 is 0 Å². The van der Waals surface area contributed by atoms with Crippen LogP contribution in [0.4, 0.5) is 0 Å². The molecule has 110 valence electrons. The van der Waals surface area contributed by atoms with E-state index in [-0.39, 0.29) is 11.6 Å². The summed E-state index contributed by atoms with van der Waals surface area (Å²) in [6.45, 7) is 0. The van der Waals surface area contributed by atoms with E-state index in [0.717, 1.165) is 16.3 Å². The van der Waals surface area contributed by atoms with Crippen molar-refractivity contribution < 1.29 is 14.3 Å². The van der Waals surface area contributed by atoms with E-state index in [2.05, 4.69) is 0 Å². The van der Waals surface area contributed by atoms with Crippen LogP contribution in [0.3, 0.4) is 0 Å². The molecule has 1 aliphatic heterocycles. The van der Waals surface area contributed by atoms with Gasteiger partial charge in [0, 0.05) is 11.1 Å². The molecule has 5 rings (SSSR count). The summed E-state index contributed by atoms with van der Waals surface area (Å²) < 4.78 is 5.77. The molecule has 2 aliphatic rings. The summed E-state index contributed by atoms with van der Waals surface area (Å²) >= 11 is 0. The Morgan fingerprint density at radius 3 is 2.09 bits per heavy atom. The highest BCUT2D eigenvalue weighted by Gasteiger charge is 2.72. The smallest absolute Gasteiger partial charge is 0.224 e. The lowest BCUT2D eigenvalue weighted by atomic mass is 9.92. The second-order valence-corrected chi connectivity index (χ2v) is 6.01. The summed E-state index contributed by atoms with van der Waals surface area (Å²) in [5.74, 6) is -0.424. The molecule has 3 heteroatoms. The molecule has 3 aromatic carbocycles.